The van der Waals surface area contributed by atoms with Crippen molar-refractivity contribution in [2.45, 2.75) is 71.2 Å². The Bertz CT molecular complexity index is 1340. The molecule has 192 valence electrons. The third kappa shape index (κ3) is 4.21. The summed E-state index contributed by atoms with van der Waals surface area (Å²) < 4.78 is 68.5. The number of nitrogens with zero attached hydrogens (tertiary/aromatic N) is 2. The van der Waals surface area contributed by atoms with Gasteiger partial charge in [0.1, 0.15) is 17.7 Å². The number of benzene rings is 2. The van der Waals surface area contributed by atoms with Crippen LogP contribution in [0.15, 0.2) is 30.5 Å². The zero-order valence-corrected chi connectivity index (χ0v) is 22.4. The van der Waals surface area contributed by atoms with Crippen molar-refractivity contribution in [3.05, 3.63) is 70.4 Å². The molecule has 0 aliphatic heterocycles. The Morgan fingerprint density at radius 1 is 0.944 bits per heavy atom. The van der Waals surface area contributed by atoms with E-state index in [2.05, 4.69) is 41.5 Å². The lowest BCUT2D eigenvalue weighted by atomic mass is 9.97. The highest BCUT2D eigenvalue weighted by atomic mass is 28.3. The SMILES string of the molecule is CC(=O)OC(c1ccc(F)c(C#N)c1)c1c(F)c(F)c2c(ccn2[Si](C(C)C)(C(C)C)C(C)C)c1F. The minimum absolute atomic E-state index is 0.0607. The average molecular weight is 519 g/mol. The minimum Gasteiger partial charge on any atom is -0.453 e. The topological polar surface area (TPSA) is 55.0 Å². The second-order valence-electron chi connectivity index (χ2n) is 10.00. The number of ether oxygens (including phenoxy) is 1. The summed E-state index contributed by atoms with van der Waals surface area (Å²) in [5, 5.41) is 9.04. The van der Waals surface area contributed by atoms with Crippen LogP contribution in [0.4, 0.5) is 17.6 Å². The average Bonchev–Trinajstić information content (AvgIpc) is 3.22. The number of nitriles is 1. The van der Waals surface area contributed by atoms with Crippen molar-refractivity contribution < 1.29 is 27.1 Å². The van der Waals surface area contributed by atoms with Crippen LogP contribution in [-0.2, 0) is 9.53 Å². The van der Waals surface area contributed by atoms with E-state index in [0.29, 0.717) is 0 Å². The molecule has 0 spiro atoms. The fourth-order valence-electron chi connectivity index (χ4n) is 5.94. The molecule has 1 heterocycles. The van der Waals surface area contributed by atoms with Crippen LogP contribution in [0.3, 0.4) is 0 Å². The number of carbonyl (C=O) groups is 1. The van der Waals surface area contributed by atoms with Crippen LogP contribution in [0.1, 0.15) is 71.3 Å². The molecular weight excluding hydrogens is 488 g/mol. The van der Waals surface area contributed by atoms with E-state index in [-0.39, 0.29) is 33.1 Å². The first-order valence-corrected chi connectivity index (χ1v) is 14.0. The van der Waals surface area contributed by atoms with Crippen LogP contribution >= 0.6 is 0 Å². The van der Waals surface area contributed by atoms with Gasteiger partial charge in [0.15, 0.2) is 26.0 Å². The standard InChI is InChI=1S/C27H30F4N2O2Si/c1-14(2)36(15(3)4,16(5)6)33-11-10-20-23(29)22(24(30)25(31)26(20)33)27(35-17(7)34)18-8-9-21(28)19(12-18)13-32/h8-12,14-16,27H,1-7H3. The first-order chi connectivity index (χ1) is 16.8. The Labute approximate surface area is 209 Å². The zero-order valence-electron chi connectivity index (χ0n) is 21.4. The van der Waals surface area contributed by atoms with Crippen LogP contribution in [0, 0.1) is 34.6 Å². The molecule has 0 bridgehead atoms. The maximum atomic E-state index is 16.0. The summed E-state index contributed by atoms with van der Waals surface area (Å²) in [4.78, 5) is 11.9. The van der Waals surface area contributed by atoms with E-state index in [9.17, 15) is 14.4 Å². The molecule has 0 aliphatic rings. The van der Waals surface area contributed by atoms with Crippen molar-refractivity contribution in [2.75, 3.05) is 0 Å². The quantitative estimate of drug-likeness (QED) is 0.139. The van der Waals surface area contributed by atoms with Crippen molar-refractivity contribution in [1.29, 1.82) is 5.26 Å². The van der Waals surface area contributed by atoms with E-state index >= 15 is 13.2 Å². The van der Waals surface area contributed by atoms with Crippen LogP contribution in [0.5, 0.6) is 0 Å². The molecule has 0 N–H and O–H groups in total. The smallest absolute Gasteiger partial charge is 0.303 e. The lowest BCUT2D eigenvalue weighted by Gasteiger charge is -2.44. The predicted molar refractivity (Wildman–Crippen MR) is 133 cm³/mol. The summed E-state index contributed by atoms with van der Waals surface area (Å²) in [7, 11) is -2.57. The predicted octanol–water partition coefficient (Wildman–Crippen LogP) is 7.75. The number of esters is 1. The van der Waals surface area contributed by atoms with Gasteiger partial charge in [-0.15, -0.1) is 0 Å². The molecule has 36 heavy (non-hydrogen) atoms. The summed E-state index contributed by atoms with van der Waals surface area (Å²) in [6.07, 6.45) is -0.0987. The van der Waals surface area contributed by atoms with Crippen LogP contribution < -0.4 is 0 Å². The first-order valence-electron chi connectivity index (χ1n) is 11.8. The molecule has 9 heteroatoms. The molecule has 3 aromatic rings. The highest BCUT2D eigenvalue weighted by molar-refractivity contribution is 6.82. The van der Waals surface area contributed by atoms with Crippen molar-refractivity contribution in [3.63, 3.8) is 0 Å². The number of fused-ring (bicyclic) bond motifs is 1. The Morgan fingerprint density at radius 2 is 1.53 bits per heavy atom. The summed E-state index contributed by atoms with van der Waals surface area (Å²) in [5.41, 5.74) is -1.03. The monoisotopic (exact) mass is 518 g/mol. The number of carbonyl (C=O) groups excluding carboxylic acids is 1. The fraction of sp³-hybridized carbons (Fsp3) is 0.407. The second kappa shape index (κ2) is 10.1. The fourth-order valence-corrected chi connectivity index (χ4v) is 12.5. The normalized spacial score (nSPS) is 13.0. The summed E-state index contributed by atoms with van der Waals surface area (Å²) in [5.74, 6) is -5.54. The molecule has 1 aromatic heterocycles. The molecule has 0 amide bonds. The van der Waals surface area contributed by atoms with E-state index < -0.39 is 54.7 Å². The van der Waals surface area contributed by atoms with E-state index in [0.717, 1.165) is 25.1 Å². The maximum absolute atomic E-state index is 16.0. The summed E-state index contributed by atoms with van der Waals surface area (Å²) in [6.45, 7) is 13.3. The van der Waals surface area contributed by atoms with Crippen LogP contribution in [0.25, 0.3) is 10.9 Å². The van der Waals surface area contributed by atoms with Gasteiger partial charge in [-0.1, -0.05) is 47.6 Å². The molecule has 0 aliphatic carbocycles. The molecule has 0 saturated heterocycles. The second-order valence-corrected chi connectivity index (χ2v) is 15.7. The number of aromatic nitrogens is 1. The lowest BCUT2D eigenvalue weighted by molar-refractivity contribution is -0.145. The Morgan fingerprint density at radius 3 is 2.03 bits per heavy atom. The first kappa shape index (κ1) is 27.5. The molecule has 0 radical (unpaired) electrons. The van der Waals surface area contributed by atoms with Gasteiger partial charge in [0.2, 0.25) is 0 Å². The number of rotatable bonds is 7. The third-order valence-corrected chi connectivity index (χ3v) is 13.9. The molecule has 1 atom stereocenters. The van der Waals surface area contributed by atoms with Gasteiger partial charge in [0.25, 0.3) is 0 Å². The Balaban J connectivity index is 2.39. The van der Waals surface area contributed by atoms with Gasteiger partial charge in [0, 0.05) is 12.3 Å². The van der Waals surface area contributed by atoms with E-state index in [1.807, 2.05) is 0 Å². The molecule has 0 fully saturated rings. The van der Waals surface area contributed by atoms with Crippen LogP contribution in [0.2, 0.25) is 16.6 Å². The van der Waals surface area contributed by atoms with Gasteiger partial charge in [-0.05, 0) is 46.6 Å². The minimum atomic E-state index is -2.57. The van der Waals surface area contributed by atoms with E-state index in [4.69, 9.17) is 4.74 Å². The number of hydrogen-bond acceptors (Lipinski definition) is 3. The molecule has 3 rings (SSSR count). The van der Waals surface area contributed by atoms with Crippen molar-refractivity contribution in [3.8, 4) is 6.07 Å². The van der Waals surface area contributed by atoms with Gasteiger partial charge < -0.3 is 8.97 Å². The molecule has 4 nitrogen and oxygen atoms in total. The lowest BCUT2D eigenvalue weighted by Crippen LogP contribution is -2.51. The molecular formula is C27H30F4N2O2Si. The van der Waals surface area contributed by atoms with Crippen molar-refractivity contribution >= 4 is 25.1 Å². The largest absolute Gasteiger partial charge is 0.453 e. The van der Waals surface area contributed by atoms with Gasteiger partial charge in [-0.25, -0.2) is 17.6 Å². The summed E-state index contributed by atoms with van der Waals surface area (Å²) >= 11 is 0. The highest BCUT2D eigenvalue weighted by Gasteiger charge is 2.47. The highest BCUT2D eigenvalue weighted by Crippen LogP contribution is 2.46. The van der Waals surface area contributed by atoms with Gasteiger partial charge in [-0.2, -0.15) is 5.26 Å². The van der Waals surface area contributed by atoms with E-state index in [1.54, 1.807) is 16.5 Å². The van der Waals surface area contributed by atoms with Gasteiger partial charge in [-0.3, -0.25) is 4.79 Å². The van der Waals surface area contributed by atoms with Crippen molar-refractivity contribution in [2.24, 2.45) is 0 Å². The molecule has 2 aromatic carbocycles. The number of halogens is 4. The van der Waals surface area contributed by atoms with Crippen molar-refractivity contribution in [1.82, 2.24) is 4.23 Å². The number of hydrogen-bond donors (Lipinski definition) is 0. The third-order valence-electron chi connectivity index (χ3n) is 7.15. The van der Waals surface area contributed by atoms with Gasteiger partial charge >= 0.3 is 5.97 Å². The van der Waals surface area contributed by atoms with E-state index in [1.165, 1.54) is 6.07 Å². The zero-order chi connectivity index (χ0) is 27.1. The summed E-state index contributed by atoms with van der Waals surface area (Å²) in [6, 6.07) is 6.16. The molecule has 0 saturated carbocycles. The van der Waals surface area contributed by atoms with Gasteiger partial charge in [0.05, 0.1) is 16.6 Å². The Hall–Kier alpha value is -3.12. The maximum Gasteiger partial charge on any atom is 0.303 e. The van der Waals surface area contributed by atoms with Crippen LogP contribution in [-0.4, -0.2) is 18.4 Å². The molecule has 1 unspecified atom stereocenters. The Kier molecular flexibility index (Phi) is 7.70.